The molecule has 0 fully saturated rings. The molecule has 0 radical (unpaired) electrons. The number of thiol groups is 1. The van der Waals surface area contributed by atoms with Gasteiger partial charge in [0.15, 0.2) is 0 Å². The van der Waals surface area contributed by atoms with E-state index in [1.165, 1.54) is 16.4 Å². The number of rotatable bonds is 2. The fraction of sp³-hybridized carbons (Fsp3) is 0. The van der Waals surface area contributed by atoms with E-state index in [1.807, 2.05) is 47.9 Å². The van der Waals surface area contributed by atoms with Crippen LogP contribution >= 0.6 is 22.5 Å². The number of hydrogen-bond acceptors (Lipinski definition) is 3. The summed E-state index contributed by atoms with van der Waals surface area (Å²) >= 11 is 3.98. The van der Waals surface area contributed by atoms with Gasteiger partial charge < -0.3 is 0 Å². The maximum atomic E-state index is 3.98. The van der Waals surface area contributed by atoms with Gasteiger partial charge in [0.25, 0.3) is 0 Å². The zero-order valence-corrected chi connectivity index (χ0v) is 10.4. The van der Waals surface area contributed by atoms with Crippen molar-refractivity contribution in [2.75, 3.05) is 0 Å². The molecule has 0 N–H and O–H groups in total. The molecule has 3 heteroatoms. The first kappa shape index (κ1) is 12.9. The smallest absolute Gasteiger partial charge is 0.0267 e. The first-order valence-corrected chi connectivity index (χ1v) is 6.73. The Labute approximate surface area is 105 Å². The molecule has 1 nitrogen and oxygen atoms in total. The van der Waals surface area contributed by atoms with Crippen molar-refractivity contribution in [3.8, 4) is 0 Å². The number of hydrogen-bond donors (Lipinski definition) is 1. The summed E-state index contributed by atoms with van der Waals surface area (Å²) in [6.07, 6.45) is 5.53. The van der Waals surface area contributed by atoms with Crippen LogP contribution in [-0.4, -0.2) is 4.98 Å². The summed E-state index contributed by atoms with van der Waals surface area (Å²) in [5.74, 6) is 0. The lowest BCUT2D eigenvalue weighted by Gasteiger charge is -1.87. The predicted molar refractivity (Wildman–Crippen MR) is 76.3 cm³/mol. The van der Waals surface area contributed by atoms with Crippen molar-refractivity contribution in [2.24, 2.45) is 0 Å². The van der Waals surface area contributed by atoms with Crippen molar-refractivity contribution in [3.05, 3.63) is 71.9 Å². The van der Waals surface area contributed by atoms with Crippen LogP contribution in [0.3, 0.4) is 0 Å². The molecule has 0 spiro atoms. The van der Waals surface area contributed by atoms with E-state index >= 15 is 0 Å². The Bertz CT molecular complexity index is 360. The lowest BCUT2D eigenvalue weighted by Crippen LogP contribution is -1.65. The summed E-state index contributed by atoms with van der Waals surface area (Å²) < 4.78 is 0. The highest BCUT2D eigenvalue weighted by Gasteiger charge is 1.79. The second-order valence-corrected chi connectivity index (χ2v) is 3.96. The summed E-state index contributed by atoms with van der Waals surface area (Å²) in [5, 5.41) is 1.94. The van der Waals surface area contributed by atoms with Crippen LogP contribution in [-0.2, 0) is 0 Å². The van der Waals surface area contributed by atoms with Gasteiger partial charge in [0.1, 0.15) is 0 Å². The Balaban J connectivity index is 0.000000181. The molecule has 16 heavy (non-hydrogen) atoms. The van der Waals surface area contributed by atoms with Crippen LogP contribution in [0, 0.1) is 0 Å². The number of nitrogens with zero attached hydrogens (tertiary/aromatic N) is 1. The molecule has 1 aromatic heterocycles. The molecule has 0 aliphatic rings. The standard InChI is InChI=1S/C8H8S2.C5H5N/c9-10-7-6-8-4-2-1-3-5-8;1-2-4-6-5-3-1/h1-7,9H;1-5H. The van der Waals surface area contributed by atoms with Crippen LogP contribution in [0.2, 0.25) is 0 Å². The van der Waals surface area contributed by atoms with Crippen molar-refractivity contribution in [1.82, 2.24) is 4.98 Å². The topological polar surface area (TPSA) is 12.9 Å². The molecular formula is C13H13NS2. The van der Waals surface area contributed by atoms with Crippen LogP contribution in [0.25, 0.3) is 6.08 Å². The van der Waals surface area contributed by atoms with Crippen molar-refractivity contribution in [3.63, 3.8) is 0 Å². The first-order valence-electron chi connectivity index (χ1n) is 4.80. The third-order valence-electron chi connectivity index (χ3n) is 1.69. The zero-order valence-electron chi connectivity index (χ0n) is 8.73. The molecular weight excluding hydrogens is 234 g/mol. The van der Waals surface area contributed by atoms with E-state index < -0.39 is 0 Å². The Kier molecular flexibility index (Phi) is 7.30. The van der Waals surface area contributed by atoms with Gasteiger partial charge in [-0.15, -0.1) is 11.7 Å². The fourth-order valence-electron chi connectivity index (χ4n) is 0.986. The molecule has 0 saturated carbocycles. The summed E-state index contributed by atoms with van der Waals surface area (Å²) in [4.78, 5) is 3.78. The largest absolute Gasteiger partial charge is 0.265 e. The minimum atomic E-state index is 1.21. The van der Waals surface area contributed by atoms with E-state index in [4.69, 9.17) is 0 Å². The van der Waals surface area contributed by atoms with Gasteiger partial charge in [-0.05, 0) is 29.2 Å². The highest BCUT2D eigenvalue weighted by atomic mass is 33.1. The number of aromatic nitrogens is 1. The molecule has 1 heterocycles. The second-order valence-electron chi connectivity index (χ2n) is 2.84. The minimum Gasteiger partial charge on any atom is -0.265 e. The molecule has 0 atom stereocenters. The van der Waals surface area contributed by atoms with Gasteiger partial charge in [0, 0.05) is 12.4 Å². The Morgan fingerprint density at radius 1 is 0.938 bits per heavy atom. The Morgan fingerprint density at radius 3 is 2.00 bits per heavy atom. The monoisotopic (exact) mass is 247 g/mol. The van der Waals surface area contributed by atoms with Crippen LogP contribution in [0.15, 0.2) is 66.3 Å². The summed E-state index contributed by atoms with van der Waals surface area (Å²) in [6, 6.07) is 15.9. The molecule has 0 aliphatic carbocycles. The highest BCUT2D eigenvalue weighted by molar-refractivity contribution is 8.69. The summed E-state index contributed by atoms with van der Waals surface area (Å²) in [6.45, 7) is 0. The van der Waals surface area contributed by atoms with Gasteiger partial charge in [0.2, 0.25) is 0 Å². The van der Waals surface area contributed by atoms with E-state index in [-0.39, 0.29) is 0 Å². The van der Waals surface area contributed by atoms with E-state index in [9.17, 15) is 0 Å². The first-order chi connectivity index (χ1) is 7.93. The van der Waals surface area contributed by atoms with E-state index in [0.717, 1.165) is 0 Å². The normalized spacial score (nSPS) is 9.56. The van der Waals surface area contributed by atoms with Crippen molar-refractivity contribution in [2.45, 2.75) is 0 Å². The van der Waals surface area contributed by atoms with Crippen LogP contribution in [0.5, 0.6) is 0 Å². The molecule has 82 valence electrons. The van der Waals surface area contributed by atoms with Crippen molar-refractivity contribution >= 4 is 28.5 Å². The van der Waals surface area contributed by atoms with Gasteiger partial charge in [-0.1, -0.05) is 47.2 Å². The lowest BCUT2D eigenvalue weighted by molar-refractivity contribution is 1.33. The molecule has 1 aromatic carbocycles. The van der Waals surface area contributed by atoms with Gasteiger partial charge in [-0.2, -0.15) is 0 Å². The quantitative estimate of drug-likeness (QED) is 0.627. The Morgan fingerprint density at radius 2 is 1.56 bits per heavy atom. The van der Waals surface area contributed by atoms with E-state index in [2.05, 4.69) is 28.8 Å². The van der Waals surface area contributed by atoms with Crippen molar-refractivity contribution < 1.29 is 0 Å². The van der Waals surface area contributed by atoms with Crippen LogP contribution < -0.4 is 0 Å². The van der Waals surface area contributed by atoms with Crippen molar-refractivity contribution in [1.29, 1.82) is 0 Å². The molecule has 2 rings (SSSR count). The average Bonchev–Trinajstić information content (AvgIpc) is 2.40. The molecule has 0 bridgehead atoms. The SMILES string of the molecule is SSC=Cc1ccccc1.c1ccncc1. The maximum absolute atomic E-state index is 3.98. The van der Waals surface area contributed by atoms with Crippen LogP contribution in [0.1, 0.15) is 5.56 Å². The summed E-state index contributed by atoms with van der Waals surface area (Å²) in [7, 11) is 1.41. The number of pyridine rings is 1. The molecule has 0 aliphatic heterocycles. The Hall–Kier alpha value is -1.19. The molecule has 0 saturated heterocycles. The average molecular weight is 247 g/mol. The number of benzene rings is 1. The zero-order chi connectivity index (χ0) is 11.5. The maximum Gasteiger partial charge on any atom is 0.0267 e. The highest BCUT2D eigenvalue weighted by Crippen LogP contribution is 2.10. The third kappa shape index (κ3) is 6.32. The molecule has 0 amide bonds. The second kappa shape index (κ2) is 9.07. The summed E-state index contributed by atoms with van der Waals surface area (Å²) in [5.41, 5.74) is 1.21. The van der Waals surface area contributed by atoms with E-state index in [0.29, 0.717) is 0 Å². The molecule has 2 aromatic rings. The van der Waals surface area contributed by atoms with E-state index in [1.54, 1.807) is 12.4 Å². The van der Waals surface area contributed by atoms with Crippen LogP contribution in [0.4, 0.5) is 0 Å². The lowest BCUT2D eigenvalue weighted by atomic mass is 10.2. The minimum absolute atomic E-state index is 1.21. The fourth-order valence-corrected chi connectivity index (χ4v) is 1.39. The van der Waals surface area contributed by atoms with Gasteiger partial charge in [0.05, 0.1) is 0 Å². The van der Waals surface area contributed by atoms with Gasteiger partial charge in [-0.3, -0.25) is 4.98 Å². The van der Waals surface area contributed by atoms with Gasteiger partial charge in [-0.25, -0.2) is 0 Å². The third-order valence-corrected chi connectivity index (χ3v) is 2.31. The van der Waals surface area contributed by atoms with Gasteiger partial charge >= 0.3 is 0 Å². The molecule has 0 unspecified atom stereocenters. The predicted octanol–water partition coefficient (Wildman–Crippen LogP) is 4.32.